The number of aliphatic carboxylic acids is 1. The number of hydrogen-bond donors (Lipinski definition) is 3. The van der Waals surface area contributed by atoms with Crippen LogP contribution in [0.5, 0.6) is 0 Å². The molecular weight excluding hydrogens is 566 g/mol. The summed E-state index contributed by atoms with van der Waals surface area (Å²) in [7, 11) is 0. The molecule has 2 aromatic carbocycles. The van der Waals surface area contributed by atoms with E-state index in [9.17, 15) is 24.3 Å². The second-order valence-corrected chi connectivity index (χ2v) is 12.7. The van der Waals surface area contributed by atoms with E-state index in [4.69, 9.17) is 14.2 Å². The zero-order valence-corrected chi connectivity index (χ0v) is 26.2. The molecule has 4 rings (SSSR count). The maximum absolute atomic E-state index is 13.9. The summed E-state index contributed by atoms with van der Waals surface area (Å²) in [5.41, 5.74) is 2.46. The van der Waals surface area contributed by atoms with Crippen molar-refractivity contribution in [2.24, 2.45) is 0 Å². The number of carboxylic acids is 1. The van der Waals surface area contributed by atoms with E-state index < -0.39 is 53.6 Å². The van der Waals surface area contributed by atoms with E-state index in [0.29, 0.717) is 19.4 Å². The van der Waals surface area contributed by atoms with Crippen LogP contribution < -0.4 is 10.6 Å². The Morgan fingerprint density at radius 3 is 2.14 bits per heavy atom. The molecule has 0 saturated carbocycles. The van der Waals surface area contributed by atoms with E-state index in [-0.39, 0.29) is 18.9 Å². The van der Waals surface area contributed by atoms with Gasteiger partial charge in [0.25, 0.3) is 0 Å². The molecule has 2 aromatic rings. The van der Waals surface area contributed by atoms with Gasteiger partial charge in [0.15, 0.2) is 6.04 Å². The zero-order valence-electron chi connectivity index (χ0n) is 26.2. The number of carbonyl (C=O) groups excluding carboxylic acids is 3. The number of unbranched alkanes of at least 4 members (excludes halogenated alkanes) is 1. The molecule has 3 amide bonds. The van der Waals surface area contributed by atoms with Crippen LogP contribution in [0.3, 0.4) is 0 Å². The second-order valence-electron chi connectivity index (χ2n) is 12.7. The normalized spacial score (nSPS) is 19.5. The topological polar surface area (TPSA) is 144 Å². The van der Waals surface area contributed by atoms with Gasteiger partial charge >= 0.3 is 18.2 Å². The van der Waals surface area contributed by atoms with E-state index in [0.717, 1.165) is 22.3 Å². The van der Waals surface area contributed by atoms with Crippen LogP contribution in [0.2, 0.25) is 0 Å². The monoisotopic (exact) mass is 609 g/mol. The molecular formula is C33H43N3O8. The Bertz CT molecular complexity index is 1340. The van der Waals surface area contributed by atoms with Gasteiger partial charge in [0, 0.05) is 12.5 Å². The first kappa shape index (κ1) is 32.8. The summed E-state index contributed by atoms with van der Waals surface area (Å²) >= 11 is 0. The molecule has 11 heteroatoms. The maximum Gasteiger partial charge on any atom is 0.407 e. The van der Waals surface area contributed by atoms with Crippen molar-refractivity contribution in [2.75, 3.05) is 13.2 Å². The quantitative estimate of drug-likeness (QED) is 0.319. The van der Waals surface area contributed by atoms with Gasteiger partial charge in [-0.1, -0.05) is 48.5 Å². The number of nitrogens with one attached hydrogen (secondary N) is 2. The first-order valence-electron chi connectivity index (χ1n) is 15.0. The lowest BCUT2D eigenvalue weighted by Crippen LogP contribution is -2.58. The molecule has 0 bridgehead atoms. The Morgan fingerprint density at radius 2 is 1.57 bits per heavy atom. The summed E-state index contributed by atoms with van der Waals surface area (Å²) in [5.74, 6) is -1.94. The van der Waals surface area contributed by atoms with Gasteiger partial charge in [-0.15, -0.1) is 0 Å². The zero-order chi connectivity index (χ0) is 32.2. The fourth-order valence-electron chi connectivity index (χ4n) is 6.02. The molecule has 1 fully saturated rings. The fourth-order valence-corrected chi connectivity index (χ4v) is 6.02. The summed E-state index contributed by atoms with van der Waals surface area (Å²) < 4.78 is 16.8. The van der Waals surface area contributed by atoms with Crippen molar-refractivity contribution in [2.45, 2.75) is 96.2 Å². The number of ether oxygens (including phenoxy) is 3. The minimum Gasteiger partial charge on any atom is -0.480 e. The van der Waals surface area contributed by atoms with E-state index >= 15 is 0 Å². The highest BCUT2D eigenvalue weighted by Crippen LogP contribution is 2.44. The summed E-state index contributed by atoms with van der Waals surface area (Å²) in [4.78, 5) is 52.4. The second kappa shape index (κ2) is 13.3. The smallest absolute Gasteiger partial charge is 0.407 e. The number of alkyl carbamates (subject to hydrolysis) is 2. The number of nitrogens with zero attached hydrogens (tertiary/aromatic N) is 1. The predicted molar refractivity (Wildman–Crippen MR) is 163 cm³/mol. The number of hydrogen-bond acceptors (Lipinski definition) is 7. The first-order chi connectivity index (χ1) is 20.7. The van der Waals surface area contributed by atoms with Crippen LogP contribution >= 0.6 is 0 Å². The van der Waals surface area contributed by atoms with Gasteiger partial charge in [-0.05, 0) is 83.1 Å². The van der Waals surface area contributed by atoms with Crippen LogP contribution in [0, 0.1) is 0 Å². The summed E-state index contributed by atoms with van der Waals surface area (Å²) in [6.07, 6.45) is -0.954. The molecule has 1 heterocycles. The fraction of sp³-hybridized carbons (Fsp3) is 0.515. The molecule has 1 aliphatic carbocycles. The van der Waals surface area contributed by atoms with Crippen molar-refractivity contribution in [3.05, 3.63) is 59.7 Å². The number of carbonyl (C=O) groups is 4. The highest BCUT2D eigenvalue weighted by molar-refractivity contribution is 5.90. The maximum atomic E-state index is 13.9. The average Bonchev–Trinajstić information content (AvgIpc) is 3.39. The number of fused-ring (bicyclic) bond motifs is 3. The molecule has 0 spiro atoms. The van der Waals surface area contributed by atoms with E-state index in [2.05, 4.69) is 10.6 Å². The lowest BCUT2D eigenvalue weighted by Gasteiger charge is -2.35. The molecule has 11 nitrogen and oxygen atoms in total. The summed E-state index contributed by atoms with van der Waals surface area (Å²) in [5, 5.41) is 15.3. The molecule has 3 atom stereocenters. The first-order valence-corrected chi connectivity index (χ1v) is 15.0. The number of rotatable bonds is 10. The van der Waals surface area contributed by atoms with Gasteiger partial charge < -0.3 is 30.0 Å². The van der Waals surface area contributed by atoms with Crippen LogP contribution in [0.1, 0.15) is 77.8 Å². The Morgan fingerprint density at radius 1 is 0.977 bits per heavy atom. The average molecular weight is 610 g/mol. The van der Waals surface area contributed by atoms with Crippen molar-refractivity contribution >= 4 is 24.1 Å². The van der Waals surface area contributed by atoms with Crippen molar-refractivity contribution in [3.8, 4) is 11.1 Å². The Hall–Kier alpha value is -4.12. The molecule has 1 aliphatic heterocycles. The lowest BCUT2D eigenvalue weighted by atomic mass is 9.98. The van der Waals surface area contributed by atoms with Crippen molar-refractivity contribution < 1.29 is 38.5 Å². The third-order valence-electron chi connectivity index (χ3n) is 7.79. The largest absolute Gasteiger partial charge is 0.480 e. The Balaban J connectivity index is 1.44. The van der Waals surface area contributed by atoms with Gasteiger partial charge in [0.1, 0.15) is 24.0 Å². The molecule has 2 aliphatic rings. The van der Waals surface area contributed by atoms with Crippen molar-refractivity contribution in [3.63, 3.8) is 0 Å². The molecule has 0 aromatic heterocycles. The molecule has 0 unspecified atom stereocenters. The van der Waals surface area contributed by atoms with E-state index in [1.165, 1.54) is 4.90 Å². The van der Waals surface area contributed by atoms with Gasteiger partial charge in [-0.2, -0.15) is 0 Å². The van der Waals surface area contributed by atoms with Gasteiger partial charge in [-0.3, -0.25) is 9.69 Å². The summed E-state index contributed by atoms with van der Waals surface area (Å²) in [6, 6.07) is 13.6. The minimum atomic E-state index is -1.22. The third-order valence-corrected chi connectivity index (χ3v) is 7.79. The SMILES string of the molecule is C[C@@H]1OC(C)(C)N(C(=O)[C@@H](CCCCNC(=O)OC(C)(C)C)NC(=O)OCC2c3ccccc3-c3ccccc32)[C@H]1C(=O)O. The van der Waals surface area contributed by atoms with Crippen molar-refractivity contribution in [1.82, 2.24) is 15.5 Å². The number of amides is 3. The third kappa shape index (κ3) is 7.50. The highest BCUT2D eigenvalue weighted by Gasteiger charge is 2.52. The van der Waals surface area contributed by atoms with Gasteiger partial charge in [0.05, 0.1) is 6.10 Å². The van der Waals surface area contributed by atoms with Gasteiger partial charge in [0.2, 0.25) is 5.91 Å². The summed E-state index contributed by atoms with van der Waals surface area (Å²) in [6.45, 7) is 10.5. The minimum absolute atomic E-state index is 0.0632. The van der Waals surface area contributed by atoms with Crippen LogP contribution in [-0.4, -0.2) is 76.7 Å². The highest BCUT2D eigenvalue weighted by atomic mass is 16.6. The number of benzene rings is 2. The predicted octanol–water partition coefficient (Wildman–Crippen LogP) is 5.03. The number of carboxylic acid groups (broad SMARTS) is 1. The molecule has 3 N–H and O–H groups in total. The van der Waals surface area contributed by atoms with Crippen LogP contribution in [0.4, 0.5) is 9.59 Å². The molecule has 238 valence electrons. The Labute approximate surface area is 258 Å². The van der Waals surface area contributed by atoms with Crippen LogP contribution in [0.25, 0.3) is 11.1 Å². The van der Waals surface area contributed by atoms with Crippen molar-refractivity contribution in [1.29, 1.82) is 0 Å². The molecule has 1 saturated heterocycles. The van der Waals surface area contributed by atoms with Gasteiger partial charge in [-0.25, -0.2) is 14.4 Å². The molecule has 44 heavy (non-hydrogen) atoms. The van der Waals surface area contributed by atoms with Crippen LogP contribution in [0.15, 0.2) is 48.5 Å². The standard InChI is InChI=1S/C33H43N3O8/c1-20-27(29(38)39)36(33(5,6)43-20)28(37)26(17-11-12-18-34-30(40)44-32(2,3)4)35-31(41)42-19-25-23-15-9-7-13-21(23)22-14-8-10-16-24(22)25/h7-10,13-16,20,25-27H,11-12,17-19H2,1-6H3,(H,34,40)(H,35,41)(H,38,39)/t20-,26+,27+/m0/s1. The van der Waals surface area contributed by atoms with E-state index in [1.807, 2.05) is 48.5 Å². The molecule has 0 radical (unpaired) electrons. The van der Waals surface area contributed by atoms with Crippen LogP contribution in [-0.2, 0) is 23.8 Å². The Kier molecular flexibility index (Phi) is 9.88. The van der Waals surface area contributed by atoms with E-state index in [1.54, 1.807) is 41.5 Å². The lowest BCUT2D eigenvalue weighted by molar-refractivity contribution is -0.156.